The van der Waals surface area contributed by atoms with Crippen LogP contribution in [0.2, 0.25) is 0 Å². The second-order valence-electron chi connectivity index (χ2n) is 6.26. The number of carbonyl (C=O) groups is 2. The highest BCUT2D eigenvalue weighted by molar-refractivity contribution is 5.87. The van der Waals surface area contributed by atoms with E-state index in [1.54, 1.807) is 14.1 Å². The number of rotatable bonds is 7. The largest absolute Gasteiger partial charge is 0.347 e. The van der Waals surface area contributed by atoms with Crippen molar-refractivity contribution in [1.82, 2.24) is 10.2 Å². The maximum atomic E-state index is 12.4. The van der Waals surface area contributed by atoms with Gasteiger partial charge >= 0.3 is 0 Å². The van der Waals surface area contributed by atoms with E-state index in [0.717, 1.165) is 11.1 Å². The minimum absolute atomic E-state index is 0. The van der Waals surface area contributed by atoms with Gasteiger partial charge in [-0.1, -0.05) is 60.7 Å². The maximum absolute atomic E-state index is 12.4. The van der Waals surface area contributed by atoms with Crippen molar-refractivity contribution in [2.45, 2.75) is 24.9 Å². The van der Waals surface area contributed by atoms with Gasteiger partial charge in [-0.3, -0.25) is 9.59 Å². The van der Waals surface area contributed by atoms with Crippen molar-refractivity contribution in [2.75, 3.05) is 14.1 Å². The zero-order valence-electron chi connectivity index (χ0n) is 15.1. The summed E-state index contributed by atoms with van der Waals surface area (Å²) in [7, 11) is 3.37. The van der Waals surface area contributed by atoms with Crippen molar-refractivity contribution in [3.63, 3.8) is 0 Å². The maximum Gasteiger partial charge on any atom is 0.244 e. The highest BCUT2D eigenvalue weighted by atomic mass is 35.5. The van der Waals surface area contributed by atoms with Gasteiger partial charge in [-0.2, -0.15) is 0 Å². The zero-order chi connectivity index (χ0) is 18.2. The average molecular weight is 376 g/mol. The van der Waals surface area contributed by atoms with Gasteiger partial charge in [-0.25, -0.2) is 0 Å². The summed E-state index contributed by atoms with van der Waals surface area (Å²) in [6.07, 6.45) is 0.584. The molecule has 0 fully saturated rings. The van der Waals surface area contributed by atoms with Crippen LogP contribution in [-0.2, 0) is 16.0 Å². The molecule has 0 spiro atoms. The van der Waals surface area contributed by atoms with E-state index < -0.39 is 12.1 Å². The van der Waals surface area contributed by atoms with Crippen molar-refractivity contribution in [1.29, 1.82) is 0 Å². The molecule has 5 nitrogen and oxygen atoms in total. The summed E-state index contributed by atoms with van der Waals surface area (Å²) in [5.41, 5.74) is 8.00. The Morgan fingerprint density at radius 1 is 1.00 bits per heavy atom. The Hall–Kier alpha value is -2.37. The van der Waals surface area contributed by atoms with Crippen LogP contribution in [-0.4, -0.2) is 36.9 Å². The van der Waals surface area contributed by atoms with E-state index in [1.165, 1.54) is 4.90 Å². The summed E-state index contributed by atoms with van der Waals surface area (Å²) in [6, 6.07) is 18.1. The molecule has 3 N–H and O–H groups in total. The molecule has 6 heteroatoms. The molecule has 0 heterocycles. The number of hydrogen-bond donors (Lipinski definition) is 2. The predicted octanol–water partition coefficient (Wildman–Crippen LogP) is 2.31. The SMILES string of the molecule is CN(C)C(=O)C(Cc1ccccc1)NC(=O)CC(N)c1ccccc1.Cl. The third-order valence-electron chi connectivity index (χ3n) is 3.99. The Bertz CT molecular complexity index is 693. The fourth-order valence-corrected chi connectivity index (χ4v) is 2.63. The summed E-state index contributed by atoms with van der Waals surface area (Å²) < 4.78 is 0. The van der Waals surface area contributed by atoms with Gasteiger partial charge < -0.3 is 16.0 Å². The lowest BCUT2D eigenvalue weighted by molar-refractivity contribution is -0.134. The first kappa shape index (κ1) is 21.7. The van der Waals surface area contributed by atoms with Gasteiger partial charge in [0, 0.05) is 33.0 Å². The van der Waals surface area contributed by atoms with Crippen molar-refractivity contribution >= 4 is 24.2 Å². The lowest BCUT2D eigenvalue weighted by Crippen LogP contribution is -2.48. The van der Waals surface area contributed by atoms with Gasteiger partial charge in [0.05, 0.1) is 0 Å². The molecule has 2 unspecified atom stereocenters. The molecule has 0 bridgehead atoms. The number of amides is 2. The van der Waals surface area contributed by atoms with Gasteiger partial charge in [0.15, 0.2) is 0 Å². The van der Waals surface area contributed by atoms with Crippen molar-refractivity contribution in [3.05, 3.63) is 71.8 Å². The Kier molecular flexibility index (Phi) is 8.82. The number of hydrogen-bond acceptors (Lipinski definition) is 3. The van der Waals surface area contributed by atoms with Crippen molar-refractivity contribution in [3.8, 4) is 0 Å². The molecule has 0 aliphatic rings. The molecule has 2 aromatic carbocycles. The van der Waals surface area contributed by atoms with Crippen molar-refractivity contribution in [2.24, 2.45) is 5.73 Å². The summed E-state index contributed by atoms with van der Waals surface area (Å²) >= 11 is 0. The Balaban J connectivity index is 0.00000338. The van der Waals surface area contributed by atoms with Crippen LogP contribution in [0.1, 0.15) is 23.6 Å². The van der Waals surface area contributed by atoms with E-state index in [0.29, 0.717) is 6.42 Å². The van der Waals surface area contributed by atoms with Gasteiger partial charge in [-0.05, 0) is 11.1 Å². The lowest BCUT2D eigenvalue weighted by Gasteiger charge is -2.22. The molecular formula is C20H26ClN3O2. The quantitative estimate of drug-likeness (QED) is 0.779. The molecule has 0 aromatic heterocycles. The molecule has 26 heavy (non-hydrogen) atoms. The number of likely N-dealkylation sites (N-methyl/N-ethyl adjacent to an activating group) is 1. The first-order valence-electron chi connectivity index (χ1n) is 8.32. The van der Waals surface area contributed by atoms with Gasteiger partial charge in [0.25, 0.3) is 0 Å². The topological polar surface area (TPSA) is 75.4 Å². The number of nitrogens with zero attached hydrogens (tertiary/aromatic N) is 1. The fraction of sp³-hybridized carbons (Fsp3) is 0.300. The molecule has 0 saturated carbocycles. The van der Waals surface area contributed by atoms with Gasteiger partial charge in [-0.15, -0.1) is 12.4 Å². The fourth-order valence-electron chi connectivity index (χ4n) is 2.63. The number of benzene rings is 2. The number of carbonyl (C=O) groups excluding carboxylic acids is 2. The standard InChI is InChI=1S/C20H25N3O2.ClH/c1-23(2)20(25)18(13-15-9-5-3-6-10-15)22-19(24)14-17(21)16-11-7-4-8-12-16;/h3-12,17-18H,13-14,21H2,1-2H3,(H,22,24);1H. The molecule has 2 atom stereocenters. The van der Waals surface area contributed by atoms with Gasteiger partial charge in [0.1, 0.15) is 6.04 Å². The van der Waals surface area contributed by atoms with Gasteiger partial charge in [0.2, 0.25) is 11.8 Å². The van der Waals surface area contributed by atoms with E-state index in [4.69, 9.17) is 5.73 Å². The normalized spacial score (nSPS) is 12.4. The molecule has 2 aromatic rings. The molecule has 0 aliphatic heterocycles. The third kappa shape index (κ3) is 6.50. The molecule has 0 saturated heterocycles. The molecule has 0 aliphatic carbocycles. The summed E-state index contributed by atoms with van der Waals surface area (Å²) in [5.74, 6) is -0.363. The Morgan fingerprint density at radius 3 is 2.08 bits per heavy atom. The molecular weight excluding hydrogens is 350 g/mol. The Labute approximate surface area is 161 Å². The van der Waals surface area contributed by atoms with Crippen LogP contribution in [0.4, 0.5) is 0 Å². The van der Waals surface area contributed by atoms with E-state index in [1.807, 2.05) is 60.7 Å². The van der Waals surface area contributed by atoms with Crippen LogP contribution < -0.4 is 11.1 Å². The monoisotopic (exact) mass is 375 g/mol. The molecule has 140 valence electrons. The second-order valence-corrected chi connectivity index (χ2v) is 6.26. The van der Waals surface area contributed by atoms with Crippen LogP contribution in [0.5, 0.6) is 0 Å². The highest BCUT2D eigenvalue weighted by Crippen LogP contribution is 2.13. The zero-order valence-corrected chi connectivity index (χ0v) is 15.9. The van der Waals surface area contributed by atoms with E-state index >= 15 is 0 Å². The average Bonchev–Trinajstić information content (AvgIpc) is 2.62. The first-order valence-corrected chi connectivity index (χ1v) is 8.32. The second kappa shape index (κ2) is 10.6. The first-order chi connectivity index (χ1) is 12.0. The van der Waals surface area contributed by atoms with E-state index in [9.17, 15) is 9.59 Å². The van der Waals surface area contributed by atoms with Crippen LogP contribution in [0.15, 0.2) is 60.7 Å². The molecule has 0 radical (unpaired) electrons. The minimum Gasteiger partial charge on any atom is -0.347 e. The molecule has 2 amide bonds. The predicted molar refractivity (Wildman–Crippen MR) is 106 cm³/mol. The highest BCUT2D eigenvalue weighted by Gasteiger charge is 2.23. The summed E-state index contributed by atoms with van der Waals surface area (Å²) in [6.45, 7) is 0. The minimum atomic E-state index is -0.604. The van der Waals surface area contributed by atoms with Crippen LogP contribution >= 0.6 is 12.4 Å². The smallest absolute Gasteiger partial charge is 0.244 e. The van der Waals surface area contributed by atoms with E-state index in [2.05, 4.69) is 5.32 Å². The third-order valence-corrected chi connectivity index (χ3v) is 3.99. The number of nitrogens with two attached hydrogens (primary N) is 1. The van der Waals surface area contributed by atoms with Crippen molar-refractivity contribution < 1.29 is 9.59 Å². The van der Waals surface area contributed by atoms with E-state index in [-0.39, 0.29) is 30.6 Å². The lowest BCUT2D eigenvalue weighted by atomic mass is 10.0. The number of halogens is 1. The summed E-state index contributed by atoms with van der Waals surface area (Å²) in [4.78, 5) is 26.3. The number of nitrogens with one attached hydrogen (secondary N) is 1. The summed E-state index contributed by atoms with van der Waals surface area (Å²) in [5, 5.41) is 2.84. The van der Waals surface area contributed by atoms with Crippen LogP contribution in [0, 0.1) is 0 Å². The van der Waals surface area contributed by atoms with Crippen LogP contribution in [0.3, 0.4) is 0 Å². The van der Waals surface area contributed by atoms with Crippen LogP contribution in [0.25, 0.3) is 0 Å². The Morgan fingerprint density at radius 2 is 1.54 bits per heavy atom. The molecule has 2 rings (SSSR count).